The van der Waals surface area contributed by atoms with Crippen molar-refractivity contribution in [2.75, 3.05) is 26.7 Å². The fraction of sp³-hybridized carbons (Fsp3) is 0.467. The van der Waals surface area contributed by atoms with Gasteiger partial charge in [0.2, 0.25) is 0 Å². The quantitative estimate of drug-likeness (QED) is 0.0806. The van der Waals surface area contributed by atoms with E-state index >= 15 is 0 Å². The van der Waals surface area contributed by atoms with E-state index in [4.69, 9.17) is 123 Å². The first kappa shape index (κ1) is 39.8. The van der Waals surface area contributed by atoms with Crippen LogP contribution in [0.5, 0.6) is 5.75 Å². The van der Waals surface area contributed by atoms with Crippen molar-refractivity contribution >= 4 is 132 Å². The van der Waals surface area contributed by atoms with Crippen LogP contribution >= 0.6 is 125 Å². The molecule has 0 bridgehead atoms. The van der Waals surface area contributed by atoms with E-state index in [9.17, 15) is 4.79 Å². The Labute approximate surface area is 340 Å². The van der Waals surface area contributed by atoms with Crippen LogP contribution in [0, 0.1) is 18.8 Å². The molecule has 1 aliphatic carbocycles. The van der Waals surface area contributed by atoms with Crippen LogP contribution < -0.4 is 10.1 Å². The zero-order valence-corrected chi connectivity index (χ0v) is 35.1. The van der Waals surface area contributed by atoms with Gasteiger partial charge in [0.25, 0.3) is 0 Å². The number of benzene rings is 1. The Bertz CT molecular complexity index is 1710. The fourth-order valence-corrected chi connectivity index (χ4v) is 12.1. The maximum atomic E-state index is 12.2. The summed E-state index contributed by atoms with van der Waals surface area (Å²) in [6.07, 6.45) is 4.72. The molecule has 9 nitrogen and oxygen atoms in total. The summed E-state index contributed by atoms with van der Waals surface area (Å²) in [6, 6.07) is 9.36. The maximum absolute atomic E-state index is 12.2. The number of nitrogens with one attached hydrogen (secondary N) is 1. The number of hydrogen-bond acceptors (Lipinski definition) is 17. The van der Waals surface area contributed by atoms with Crippen molar-refractivity contribution in [2.45, 2.75) is 58.0 Å². The Kier molecular flexibility index (Phi) is 12.6. The van der Waals surface area contributed by atoms with Crippen LogP contribution in [0.4, 0.5) is 4.79 Å². The lowest BCUT2D eigenvalue weighted by Gasteiger charge is -2.43. The molecule has 0 spiro atoms. The first-order valence-corrected chi connectivity index (χ1v) is 19.7. The third-order valence-electron chi connectivity index (χ3n) is 8.35. The summed E-state index contributed by atoms with van der Waals surface area (Å²) in [4.78, 5) is 18.7. The molecule has 1 N–H and O–H groups in total. The summed E-state index contributed by atoms with van der Waals surface area (Å²) in [5, 5.41) is 12.3. The molecule has 0 radical (unpaired) electrons. The summed E-state index contributed by atoms with van der Waals surface area (Å²) in [5.41, 5.74) is 2.37. The highest BCUT2D eigenvalue weighted by Gasteiger charge is 2.81. The lowest BCUT2D eigenvalue weighted by molar-refractivity contribution is 0.147. The van der Waals surface area contributed by atoms with Gasteiger partial charge in [-0.15, -0.1) is 10.2 Å². The molecule has 1 amide bonds. The molecule has 2 aromatic heterocycles. The predicted molar refractivity (Wildman–Crippen MR) is 227 cm³/mol. The molecule has 1 aromatic carbocycles. The van der Waals surface area contributed by atoms with E-state index in [1.165, 1.54) is 11.8 Å². The molecule has 2 fully saturated rings. The summed E-state index contributed by atoms with van der Waals surface area (Å²) in [6.45, 7) is 3.89. The van der Waals surface area contributed by atoms with Gasteiger partial charge in [0, 0.05) is 17.8 Å². The van der Waals surface area contributed by atoms with Crippen LogP contribution in [-0.2, 0) is 11.3 Å². The van der Waals surface area contributed by atoms with E-state index in [0.29, 0.717) is 22.4 Å². The topological polar surface area (TPSA) is 94.4 Å². The van der Waals surface area contributed by atoms with Gasteiger partial charge in [-0.25, -0.2) is 4.79 Å². The molecular formula is C30H36N6O3S10. The predicted octanol–water partition coefficient (Wildman–Crippen LogP) is 5.68. The number of carbonyl (C=O) groups is 1. The van der Waals surface area contributed by atoms with Gasteiger partial charge in [-0.05, 0) is 75.8 Å². The zero-order chi connectivity index (χ0) is 35.8. The van der Waals surface area contributed by atoms with Gasteiger partial charge in [-0.1, -0.05) is 23.6 Å². The van der Waals surface area contributed by atoms with Gasteiger partial charge in [0.05, 0.1) is 11.9 Å². The number of ether oxygens (including phenoxy) is 2. The van der Waals surface area contributed by atoms with Crippen LogP contribution in [0.15, 0.2) is 47.9 Å². The minimum Gasteiger partial charge on any atom is -0.486 e. The number of pyridine rings is 1. The molecule has 0 unspecified atom stereocenters. The van der Waals surface area contributed by atoms with Gasteiger partial charge < -0.3 is 19.7 Å². The molecule has 1 saturated carbocycles. The number of carbonyl (C=O) groups excluding carboxylic acids is 1. The summed E-state index contributed by atoms with van der Waals surface area (Å²) in [5.74, 6) is 7.08. The Morgan fingerprint density at radius 2 is 1.67 bits per heavy atom. The van der Waals surface area contributed by atoms with E-state index in [1.54, 1.807) is 23.0 Å². The molecular weight excluding hydrogens is 813 g/mol. The van der Waals surface area contributed by atoms with E-state index < -0.39 is 26.5 Å². The third-order valence-corrected chi connectivity index (χ3v) is 19.4. The first-order valence-electron chi connectivity index (χ1n) is 14.8. The van der Waals surface area contributed by atoms with Gasteiger partial charge in [0.15, 0.2) is 17.6 Å². The highest BCUT2D eigenvalue weighted by atomic mass is 32.2. The van der Waals surface area contributed by atoms with Gasteiger partial charge >= 0.3 is 6.09 Å². The van der Waals surface area contributed by atoms with Crippen molar-refractivity contribution < 1.29 is 14.3 Å². The number of rotatable bonds is 8. The Hall–Kier alpha value is -0.400. The second kappa shape index (κ2) is 15.5. The Morgan fingerprint density at radius 1 is 1.00 bits per heavy atom. The lowest BCUT2D eigenvalue weighted by Crippen LogP contribution is -2.49. The van der Waals surface area contributed by atoms with E-state index in [2.05, 4.69) is 44.3 Å². The van der Waals surface area contributed by atoms with Crippen LogP contribution in [0.2, 0.25) is 0 Å². The van der Waals surface area contributed by atoms with E-state index in [1.807, 2.05) is 31.2 Å². The standard InChI is InChI=1S/C30H36N6O3S10/c1-18-15-22(8-7-19(18)5-4-14-38-25(37)32-20-9-12-35(2)13-10-20)39-17-23-33-34-24(36(23)21-6-3-11-31-16-21)49-30(48)28(44,45)26(40,41)27(42,43)29(30,46)47/h3,6-8,11,15-16,20,40-48H,9-10,12-14,17H2,1-2H3,(H,32,37). The second-order valence-electron chi connectivity index (χ2n) is 11.7. The zero-order valence-electron chi connectivity index (χ0n) is 26.3. The van der Waals surface area contributed by atoms with E-state index in [-0.39, 0.29) is 19.3 Å². The summed E-state index contributed by atoms with van der Waals surface area (Å²) in [7, 11) is 2.07. The fourth-order valence-electron chi connectivity index (χ4n) is 5.29. The largest absolute Gasteiger partial charge is 0.486 e. The Morgan fingerprint density at radius 3 is 2.29 bits per heavy atom. The number of amides is 1. The molecule has 1 saturated heterocycles. The summed E-state index contributed by atoms with van der Waals surface area (Å²) >= 11 is 44.6. The number of thioether (sulfide) groups is 1. The van der Waals surface area contributed by atoms with Crippen molar-refractivity contribution in [1.82, 2.24) is 30.0 Å². The first-order chi connectivity index (χ1) is 22.9. The maximum Gasteiger partial charge on any atom is 0.408 e. The van der Waals surface area contributed by atoms with Gasteiger partial charge in [-0.3, -0.25) is 9.55 Å². The molecule has 19 heteroatoms. The van der Waals surface area contributed by atoms with Crippen LogP contribution in [0.3, 0.4) is 0 Å². The molecule has 1 aliphatic heterocycles. The third kappa shape index (κ3) is 7.67. The number of hydrogen-bond donors (Lipinski definition) is 10. The molecule has 2 aliphatic rings. The number of piperidine rings is 1. The van der Waals surface area contributed by atoms with Gasteiger partial charge in [-0.2, -0.15) is 114 Å². The summed E-state index contributed by atoms with van der Waals surface area (Å²) < 4.78 is 6.54. The van der Waals surface area contributed by atoms with Crippen LogP contribution in [0.25, 0.3) is 5.69 Å². The van der Waals surface area contributed by atoms with Crippen molar-refractivity contribution in [3.05, 3.63) is 59.7 Å². The number of nitrogens with zero attached hydrogens (tertiary/aromatic N) is 5. The van der Waals surface area contributed by atoms with Crippen molar-refractivity contribution in [3.8, 4) is 23.3 Å². The SMILES string of the molecule is Cc1cc(OCc2nnc(SC3(S)C(S)(S)C(S)(S)C(S)(S)C3(S)S)n2-c2cccnc2)ccc1C#CCOC(=O)NC1CCN(C)CC1. The minimum absolute atomic E-state index is 0.0108. The number of likely N-dealkylation sites (tertiary alicyclic amines) is 1. The monoisotopic (exact) mass is 848 g/mol. The number of alkyl carbamates (subject to hydrolysis) is 1. The minimum atomic E-state index is -1.36. The molecule has 264 valence electrons. The highest BCUT2D eigenvalue weighted by molar-refractivity contribution is 8.21. The number of aromatic nitrogens is 4. The van der Waals surface area contributed by atoms with E-state index in [0.717, 1.165) is 37.1 Å². The lowest BCUT2D eigenvalue weighted by atomic mass is 10.1. The number of thiol groups is 9. The van der Waals surface area contributed by atoms with Crippen LogP contribution in [-0.4, -0.2) is 83.9 Å². The molecule has 5 rings (SSSR count). The number of aryl methyl sites for hydroxylation is 1. The molecule has 3 aromatic rings. The van der Waals surface area contributed by atoms with Crippen molar-refractivity contribution in [2.24, 2.45) is 0 Å². The Balaban J connectivity index is 1.29. The van der Waals surface area contributed by atoms with Crippen molar-refractivity contribution in [3.63, 3.8) is 0 Å². The van der Waals surface area contributed by atoms with Crippen molar-refractivity contribution in [1.29, 1.82) is 0 Å². The normalized spacial score (nSPS) is 20.6. The smallest absolute Gasteiger partial charge is 0.408 e. The average Bonchev–Trinajstić information content (AvgIpc) is 3.47. The van der Waals surface area contributed by atoms with Crippen LogP contribution in [0.1, 0.15) is 29.8 Å². The molecule has 0 atom stereocenters. The molecule has 3 heterocycles. The highest BCUT2D eigenvalue weighted by Crippen LogP contribution is 2.78. The second-order valence-corrected chi connectivity index (χ2v) is 20.7. The average molecular weight is 849 g/mol. The van der Waals surface area contributed by atoms with Gasteiger partial charge in [0.1, 0.15) is 32.8 Å². The molecule has 49 heavy (non-hydrogen) atoms.